The van der Waals surface area contributed by atoms with E-state index in [1.165, 1.54) is 25.9 Å². The van der Waals surface area contributed by atoms with Crippen LogP contribution in [0.15, 0.2) is 29.2 Å². The number of benzene rings is 1. The fourth-order valence-corrected chi connectivity index (χ4v) is 6.60. The molecule has 6 nitrogen and oxygen atoms in total. The molecular weight excluding hydrogens is 398 g/mol. The molecule has 3 heterocycles. The lowest BCUT2D eigenvalue weighted by Gasteiger charge is -2.36. The SMILES string of the molecule is O=C(CCc1ccc(S(=O)(=O)N2CCCCC2)cc1)N1CCC(N2CCCC2)CC1. The van der Waals surface area contributed by atoms with E-state index < -0.39 is 10.0 Å². The van der Waals surface area contributed by atoms with Crippen LogP contribution in [0.5, 0.6) is 0 Å². The topological polar surface area (TPSA) is 60.9 Å². The predicted octanol–water partition coefficient (Wildman–Crippen LogP) is 2.88. The minimum absolute atomic E-state index is 0.222. The van der Waals surface area contributed by atoms with Crippen molar-refractivity contribution in [2.45, 2.75) is 68.7 Å². The highest BCUT2D eigenvalue weighted by Crippen LogP contribution is 2.23. The van der Waals surface area contributed by atoms with Crippen molar-refractivity contribution in [1.82, 2.24) is 14.1 Å². The monoisotopic (exact) mass is 433 g/mol. The van der Waals surface area contributed by atoms with Crippen LogP contribution in [-0.2, 0) is 21.2 Å². The van der Waals surface area contributed by atoms with E-state index in [1.807, 2.05) is 17.0 Å². The van der Waals surface area contributed by atoms with E-state index in [4.69, 9.17) is 0 Å². The number of hydrogen-bond acceptors (Lipinski definition) is 4. The van der Waals surface area contributed by atoms with Gasteiger partial charge in [0, 0.05) is 38.6 Å². The standard InChI is InChI=1S/C23H35N3O3S/c27-23(25-18-12-21(13-19-25)24-14-4-5-15-24)11-8-20-6-9-22(10-7-20)30(28,29)26-16-2-1-3-17-26/h6-7,9-10,21H,1-5,8,11-19H2. The van der Waals surface area contributed by atoms with Crippen LogP contribution in [0.4, 0.5) is 0 Å². The summed E-state index contributed by atoms with van der Waals surface area (Å²) in [5, 5.41) is 0. The summed E-state index contributed by atoms with van der Waals surface area (Å²) >= 11 is 0. The molecule has 0 saturated carbocycles. The van der Waals surface area contributed by atoms with Crippen LogP contribution in [0.1, 0.15) is 56.9 Å². The summed E-state index contributed by atoms with van der Waals surface area (Å²) < 4.78 is 27.1. The minimum atomic E-state index is -3.39. The first kappa shape index (κ1) is 21.8. The van der Waals surface area contributed by atoms with Gasteiger partial charge in [0.25, 0.3) is 0 Å². The first-order valence-electron chi connectivity index (χ1n) is 11.6. The van der Waals surface area contributed by atoms with Gasteiger partial charge in [-0.15, -0.1) is 0 Å². The number of amides is 1. The molecule has 0 N–H and O–H groups in total. The van der Waals surface area contributed by atoms with Crippen molar-refractivity contribution >= 4 is 15.9 Å². The summed E-state index contributed by atoms with van der Waals surface area (Å²) in [6.07, 6.45) is 8.96. The maximum Gasteiger partial charge on any atom is 0.243 e. The molecule has 1 aromatic rings. The number of carbonyl (C=O) groups excluding carboxylic acids is 1. The Morgan fingerprint density at radius 1 is 0.833 bits per heavy atom. The van der Waals surface area contributed by atoms with Crippen LogP contribution < -0.4 is 0 Å². The third kappa shape index (κ3) is 5.06. The molecule has 1 aromatic carbocycles. The third-order valence-electron chi connectivity index (χ3n) is 6.98. The molecule has 4 rings (SSSR count). The molecule has 3 aliphatic heterocycles. The molecule has 0 atom stereocenters. The van der Waals surface area contributed by atoms with Gasteiger partial charge in [-0.1, -0.05) is 18.6 Å². The van der Waals surface area contributed by atoms with E-state index in [-0.39, 0.29) is 5.91 Å². The zero-order valence-corrected chi connectivity index (χ0v) is 18.8. The highest BCUT2D eigenvalue weighted by Gasteiger charge is 2.28. The number of hydrogen-bond donors (Lipinski definition) is 0. The smallest absolute Gasteiger partial charge is 0.243 e. The van der Waals surface area contributed by atoms with Crippen molar-refractivity contribution in [3.8, 4) is 0 Å². The maximum atomic E-state index is 12.8. The molecule has 0 spiro atoms. The number of sulfonamides is 1. The second kappa shape index (κ2) is 9.79. The number of piperidine rings is 2. The first-order chi connectivity index (χ1) is 14.5. The summed E-state index contributed by atoms with van der Waals surface area (Å²) in [7, 11) is -3.39. The Morgan fingerprint density at radius 2 is 1.43 bits per heavy atom. The summed E-state index contributed by atoms with van der Waals surface area (Å²) in [5.41, 5.74) is 1.02. The van der Waals surface area contributed by atoms with Gasteiger partial charge < -0.3 is 9.80 Å². The van der Waals surface area contributed by atoms with Gasteiger partial charge >= 0.3 is 0 Å². The molecule has 30 heavy (non-hydrogen) atoms. The number of likely N-dealkylation sites (tertiary alicyclic amines) is 2. The zero-order valence-electron chi connectivity index (χ0n) is 18.0. The minimum Gasteiger partial charge on any atom is -0.343 e. The van der Waals surface area contributed by atoms with Crippen LogP contribution in [-0.4, -0.2) is 73.7 Å². The molecule has 3 saturated heterocycles. The third-order valence-corrected chi connectivity index (χ3v) is 8.89. The summed E-state index contributed by atoms with van der Waals surface area (Å²) in [6.45, 7) is 5.42. The van der Waals surface area contributed by atoms with Crippen molar-refractivity contribution in [3.63, 3.8) is 0 Å². The highest BCUT2D eigenvalue weighted by atomic mass is 32.2. The molecule has 1 amide bonds. The Hall–Kier alpha value is -1.44. The molecule has 166 valence electrons. The number of aryl methyl sites for hydroxylation is 1. The van der Waals surface area contributed by atoms with Crippen LogP contribution in [0.25, 0.3) is 0 Å². The van der Waals surface area contributed by atoms with Gasteiger partial charge in [-0.2, -0.15) is 4.31 Å². The molecule has 0 radical (unpaired) electrons. The van der Waals surface area contributed by atoms with Crippen LogP contribution in [0.2, 0.25) is 0 Å². The first-order valence-corrected chi connectivity index (χ1v) is 13.1. The van der Waals surface area contributed by atoms with Crippen LogP contribution in [0, 0.1) is 0 Å². The normalized spacial score (nSPS) is 22.5. The second-order valence-corrected chi connectivity index (χ2v) is 10.9. The molecular formula is C23H35N3O3S. The van der Waals surface area contributed by atoms with E-state index in [0.717, 1.165) is 50.8 Å². The summed E-state index contributed by atoms with van der Waals surface area (Å²) in [5.74, 6) is 0.222. The molecule has 3 aliphatic rings. The zero-order chi connectivity index (χ0) is 21.0. The predicted molar refractivity (Wildman–Crippen MR) is 118 cm³/mol. The fraction of sp³-hybridized carbons (Fsp3) is 0.696. The lowest BCUT2D eigenvalue weighted by Crippen LogP contribution is -2.45. The Bertz CT molecular complexity index is 805. The van der Waals surface area contributed by atoms with Crippen LogP contribution >= 0.6 is 0 Å². The lowest BCUT2D eigenvalue weighted by molar-refractivity contribution is -0.132. The van der Waals surface area contributed by atoms with Gasteiger partial charge in [-0.25, -0.2) is 8.42 Å². The van der Waals surface area contributed by atoms with Gasteiger partial charge in [0.05, 0.1) is 4.90 Å². The van der Waals surface area contributed by atoms with Crippen molar-refractivity contribution in [2.24, 2.45) is 0 Å². The maximum absolute atomic E-state index is 12.8. The average Bonchev–Trinajstić information content (AvgIpc) is 3.33. The summed E-state index contributed by atoms with van der Waals surface area (Å²) in [6, 6.07) is 7.79. The molecule has 0 aromatic heterocycles. The Labute approximate surface area is 181 Å². The van der Waals surface area contributed by atoms with Crippen LogP contribution in [0.3, 0.4) is 0 Å². The molecule has 0 aliphatic carbocycles. The van der Waals surface area contributed by atoms with E-state index in [0.29, 0.717) is 36.9 Å². The molecule has 7 heteroatoms. The van der Waals surface area contributed by atoms with Gasteiger partial charge in [0.2, 0.25) is 15.9 Å². The van der Waals surface area contributed by atoms with Crippen molar-refractivity contribution in [2.75, 3.05) is 39.3 Å². The lowest BCUT2D eigenvalue weighted by atomic mass is 10.0. The van der Waals surface area contributed by atoms with E-state index in [1.54, 1.807) is 16.4 Å². The van der Waals surface area contributed by atoms with E-state index in [2.05, 4.69) is 4.90 Å². The van der Waals surface area contributed by atoms with Crippen molar-refractivity contribution in [3.05, 3.63) is 29.8 Å². The second-order valence-electron chi connectivity index (χ2n) is 8.96. The van der Waals surface area contributed by atoms with Gasteiger partial charge in [-0.05, 0) is 75.7 Å². The summed E-state index contributed by atoms with van der Waals surface area (Å²) in [4.78, 5) is 17.6. The molecule has 0 bridgehead atoms. The largest absolute Gasteiger partial charge is 0.343 e. The average molecular weight is 434 g/mol. The Balaban J connectivity index is 1.25. The molecule has 0 unspecified atom stereocenters. The fourth-order valence-electron chi connectivity index (χ4n) is 5.08. The van der Waals surface area contributed by atoms with Gasteiger partial charge in [0.1, 0.15) is 0 Å². The Morgan fingerprint density at radius 3 is 2.07 bits per heavy atom. The quantitative estimate of drug-likeness (QED) is 0.692. The number of rotatable bonds is 6. The van der Waals surface area contributed by atoms with E-state index in [9.17, 15) is 13.2 Å². The van der Waals surface area contributed by atoms with Crippen molar-refractivity contribution < 1.29 is 13.2 Å². The van der Waals surface area contributed by atoms with Crippen molar-refractivity contribution in [1.29, 1.82) is 0 Å². The number of nitrogens with zero attached hydrogens (tertiary/aromatic N) is 3. The molecule has 3 fully saturated rings. The van der Waals surface area contributed by atoms with Gasteiger partial charge in [0.15, 0.2) is 0 Å². The highest BCUT2D eigenvalue weighted by molar-refractivity contribution is 7.89. The van der Waals surface area contributed by atoms with E-state index >= 15 is 0 Å². The number of carbonyl (C=O) groups is 1. The Kier molecular flexibility index (Phi) is 7.11. The van der Waals surface area contributed by atoms with Gasteiger partial charge in [-0.3, -0.25) is 4.79 Å².